The van der Waals surface area contributed by atoms with Crippen LogP contribution < -0.4 is 22.1 Å². The van der Waals surface area contributed by atoms with Crippen LogP contribution in [0.2, 0.25) is 0 Å². The van der Waals surface area contributed by atoms with E-state index in [0.29, 0.717) is 17.8 Å². The van der Waals surface area contributed by atoms with Gasteiger partial charge >= 0.3 is 0 Å². The van der Waals surface area contributed by atoms with Crippen molar-refractivity contribution in [3.63, 3.8) is 0 Å². The van der Waals surface area contributed by atoms with E-state index in [4.69, 9.17) is 11.5 Å². The van der Waals surface area contributed by atoms with E-state index in [9.17, 15) is 0 Å². The predicted molar refractivity (Wildman–Crippen MR) is 106 cm³/mol. The zero-order chi connectivity index (χ0) is 16.8. The molecule has 0 amide bonds. The average molecular weight is 362 g/mol. The standard InChI is InChI=1S/C19H27N5.ClH/c20-16(9-14-5-2-1-3-6-14)12-23-18-13-22-11-15(18)10-17-7-4-8-19(21)24-17;/h1-8,15-16,18,22-23H,9-13,20H2,(H2,21,24);1H/t15-,16-,18+;/m0./s1. The van der Waals surface area contributed by atoms with Crippen LogP contribution in [0.1, 0.15) is 11.3 Å². The molecule has 136 valence electrons. The second-order valence-electron chi connectivity index (χ2n) is 6.64. The third-order valence-electron chi connectivity index (χ3n) is 4.62. The summed E-state index contributed by atoms with van der Waals surface area (Å²) in [6.45, 7) is 2.80. The summed E-state index contributed by atoms with van der Waals surface area (Å²) in [7, 11) is 0. The lowest BCUT2D eigenvalue weighted by Crippen LogP contribution is -2.44. The van der Waals surface area contributed by atoms with Gasteiger partial charge in [0, 0.05) is 30.9 Å². The first-order valence-corrected chi connectivity index (χ1v) is 8.65. The van der Waals surface area contributed by atoms with Gasteiger partial charge in [-0.25, -0.2) is 4.98 Å². The Bertz CT molecular complexity index is 637. The van der Waals surface area contributed by atoms with E-state index >= 15 is 0 Å². The van der Waals surface area contributed by atoms with Crippen LogP contribution in [0.5, 0.6) is 0 Å². The number of hydrogen-bond donors (Lipinski definition) is 4. The summed E-state index contributed by atoms with van der Waals surface area (Å²) < 4.78 is 0. The smallest absolute Gasteiger partial charge is 0.123 e. The molecule has 0 unspecified atom stereocenters. The van der Waals surface area contributed by atoms with Gasteiger partial charge in [-0.1, -0.05) is 36.4 Å². The molecule has 5 nitrogen and oxygen atoms in total. The molecular weight excluding hydrogens is 334 g/mol. The Morgan fingerprint density at radius 1 is 1.12 bits per heavy atom. The fourth-order valence-electron chi connectivity index (χ4n) is 3.36. The van der Waals surface area contributed by atoms with Crippen molar-refractivity contribution in [3.05, 3.63) is 59.8 Å². The quantitative estimate of drug-likeness (QED) is 0.598. The van der Waals surface area contributed by atoms with Gasteiger partial charge in [0.25, 0.3) is 0 Å². The molecule has 0 radical (unpaired) electrons. The molecule has 1 aliphatic rings. The molecule has 1 fully saturated rings. The monoisotopic (exact) mass is 361 g/mol. The van der Waals surface area contributed by atoms with Crippen molar-refractivity contribution in [3.8, 4) is 0 Å². The molecule has 6 heteroatoms. The molecule has 1 saturated heterocycles. The van der Waals surface area contributed by atoms with Gasteiger partial charge in [-0.15, -0.1) is 12.4 Å². The highest BCUT2D eigenvalue weighted by Crippen LogP contribution is 2.16. The van der Waals surface area contributed by atoms with Gasteiger partial charge in [-0.05, 0) is 43.0 Å². The van der Waals surface area contributed by atoms with Crippen molar-refractivity contribution in [2.24, 2.45) is 11.7 Å². The van der Waals surface area contributed by atoms with Crippen LogP contribution in [-0.2, 0) is 12.8 Å². The lowest BCUT2D eigenvalue weighted by molar-refractivity contribution is 0.406. The summed E-state index contributed by atoms with van der Waals surface area (Å²) in [5.41, 5.74) is 14.4. The van der Waals surface area contributed by atoms with Crippen molar-refractivity contribution in [1.29, 1.82) is 0 Å². The van der Waals surface area contributed by atoms with Crippen molar-refractivity contribution < 1.29 is 0 Å². The number of nitrogens with one attached hydrogen (secondary N) is 2. The molecule has 1 aromatic heterocycles. The molecule has 0 spiro atoms. The minimum Gasteiger partial charge on any atom is -0.384 e. The third-order valence-corrected chi connectivity index (χ3v) is 4.62. The van der Waals surface area contributed by atoms with Crippen molar-refractivity contribution >= 4 is 18.2 Å². The van der Waals surface area contributed by atoms with Crippen molar-refractivity contribution in [2.45, 2.75) is 24.9 Å². The Labute approximate surface area is 156 Å². The summed E-state index contributed by atoms with van der Waals surface area (Å²) in [6, 6.07) is 16.8. The van der Waals surface area contributed by atoms with Crippen LogP contribution in [-0.4, -0.2) is 36.7 Å². The molecule has 0 saturated carbocycles. The van der Waals surface area contributed by atoms with Crippen molar-refractivity contribution in [1.82, 2.24) is 15.6 Å². The van der Waals surface area contributed by atoms with Gasteiger partial charge in [0.2, 0.25) is 0 Å². The number of pyridine rings is 1. The molecule has 1 aromatic carbocycles. The molecule has 0 aliphatic carbocycles. The Morgan fingerprint density at radius 2 is 1.92 bits per heavy atom. The summed E-state index contributed by atoms with van der Waals surface area (Å²) in [6.07, 6.45) is 1.83. The van der Waals surface area contributed by atoms with E-state index in [-0.39, 0.29) is 18.4 Å². The highest BCUT2D eigenvalue weighted by molar-refractivity contribution is 5.85. The fraction of sp³-hybridized carbons (Fsp3) is 0.421. The van der Waals surface area contributed by atoms with Crippen LogP contribution in [0.4, 0.5) is 5.82 Å². The predicted octanol–water partition coefficient (Wildman–Crippen LogP) is 1.38. The first-order chi connectivity index (χ1) is 11.7. The van der Waals surface area contributed by atoms with Crippen LogP contribution in [0, 0.1) is 5.92 Å². The number of halogens is 1. The van der Waals surface area contributed by atoms with Crippen molar-refractivity contribution in [2.75, 3.05) is 25.4 Å². The average Bonchev–Trinajstić information content (AvgIpc) is 3.01. The van der Waals surface area contributed by atoms with E-state index in [1.165, 1.54) is 5.56 Å². The van der Waals surface area contributed by atoms with Gasteiger partial charge in [0.15, 0.2) is 0 Å². The lowest BCUT2D eigenvalue weighted by Gasteiger charge is -2.22. The Hall–Kier alpha value is -1.66. The van der Waals surface area contributed by atoms with Gasteiger partial charge < -0.3 is 22.1 Å². The normalized spacial score (nSPS) is 20.8. The minimum absolute atomic E-state index is 0. The number of anilines is 1. The number of aromatic nitrogens is 1. The molecule has 2 heterocycles. The first kappa shape index (κ1) is 19.7. The van der Waals surface area contributed by atoms with Gasteiger partial charge in [-0.2, -0.15) is 0 Å². The van der Waals surface area contributed by atoms with Crippen LogP contribution >= 0.6 is 12.4 Å². The summed E-state index contributed by atoms with van der Waals surface area (Å²) in [5, 5.41) is 7.11. The van der Waals surface area contributed by atoms with Gasteiger partial charge in [0.1, 0.15) is 5.82 Å². The number of nitrogens with zero attached hydrogens (tertiary/aromatic N) is 1. The largest absolute Gasteiger partial charge is 0.384 e. The van der Waals surface area contributed by atoms with E-state index in [2.05, 4.69) is 39.9 Å². The van der Waals surface area contributed by atoms with Crippen LogP contribution in [0.15, 0.2) is 48.5 Å². The van der Waals surface area contributed by atoms with E-state index in [1.807, 2.05) is 24.3 Å². The number of rotatable bonds is 7. The summed E-state index contributed by atoms with van der Waals surface area (Å²) in [4.78, 5) is 4.42. The minimum atomic E-state index is 0. The highest BCUT2D eigenvalue weighted by atomic mass is 35.5. The van der Waals surface area contributed by atoms with E-state index in [1.54, 1.807) is 0 Å². The Morgan fingerprint density at radius 3 is 2.68 bits per heavy atom. The second-order valence-corrected chi connectivity index (χ2v) is 6.64. The highest BCUT2D eigenvalue weighted by Gasteiger charge is 2.27. The maximum absolute atomic E-state index is 6.29. The maximum Gasteiger partial charge on any atom is 0.123 e. The molecule has 0 bridgehead atoms. The number of benzene rings is 1. The molecule has 3 rings (SSSR count). The molecule has 6 N–H and O–H groups in total. The number of hydrogen-bond acceptors (Lipinski definition) is 5. The zero-order valence-corrected chi connectivity index (χ0v) is 15.2. The van der Waals surface area contributed by atoms with Gasteiger partial charge in [0.05, 0.1) is 0 Å². The van der Waals surface area contributed by atoms with Crippen LogP contribution in [0.3, 0.4) is 0 Å². The lowest BCUT2D eigenvalue weighted by atomic mass is 9.97. The third kappa shape index (κ3) is 5.97. The Kier molecular flexibility index (Phi) is 7.65. The second kappa shape index (κ2) is 9.73. The summed E-state index contributed by atoms with van der Waals surface area (Å²) >= 11 is 0. The number of nitrogens with two attached hydrogens (primary N) is 2. The van der Waals surface area contributed by atoms with Gasteiger partial charge in [-0.3, -0.25) is 0 Å². The summed E-state index contributed by atoms with van der Waals surface area (Å²) in [5.74, 6) is 1.11. The fourth-order valence-corrected chi connectivity index (χ4v) is 3.36. The molecule has 3 atom stereocenters. The molecular formula is C19H28ClN5. The zero-order valence-electron chi connectivity index (χ0n) is 14.4. The molecule has 25 heavy (non-hydrogen) atoms. The topological polar surface area (TPSA) is 89.0 Å². The molecule has 2 aromatic rings. The molecule has 1 aliphatic heterocycles. The van der Waals surface area contributed by atoms with Crippen LogP contribution in [0.25, 0.3) is 0 Å². The SMILES string of the molecule is Cl.Nc1cccc(C[C@H]2CNC[C@H]2NC[C@@H](N)Cc2ccccc2)n1. The first-order valence-electron chi connectivity index (χ1n) is 8.65. The maximum atomic E-state index is 6.29. The van der Waals surface area contributed by atoms with E-state index in [0.717, 1.165) is 38.2 Å². The number of nitrogen functional groups attached to an aromatic ring is 1. The Balaban J connectivity index is 0.00000225. The van der Waals surface area contributed by atoms with E-state index < -0.39 is 0 Å².